The van der Waals surface area contributed by atoms with Crippen LogP contribution in [0.2, 0.25) is 15.1 Å². The largest absolute Gasteiger partial charge is 0.343 e. The number of amides is 1. The molecule has 0 aliphatic heterocycles. The molecule has 1 amide bonds. The Hall–Kier alpha value is -2.71. The van der Waals surface area contributed by atoms with Gasteiger partial charge in [0, 0.05) is 39.2 Å². The Labute approximate surface area is 177 Å². The average molecular weight is 431 g/mol. The molecule has 0 aliphatic rings. The highest BCUT2D eigenvalue weighted by Crippen LogP contribution is 2.23. The molecule has 0 spiro atoms. The summed E-state index contributed by atoms with van der Waals surface area (Å²) in [6.07, 6.45) is 3.38. The first-order valence-electron chi connectivity index (χ1n) is 8.24. The SMILES string of the molecule is N#CC(=Cc1cccn1Cc1ccc(Cl)cc1Cl)C(=O)Nc1cccc(Cl)c1. The fraction of sp³-hybridized carbons (Fsp3) is 0.0476. The smallest absolute Gasteiger partial charge is 0.266 e. The van der Waals surface area contributed by atoms with E-state index in [-0.39, 0.29) is 5.57 Å². The van der Waals surface area contributed by atoms with E-state index in [9.17, 15) is 10.1 Å². The number of nitriles is 1. The summed E-state index contributed by atoms with van der Waals surface area (Å²) in [7, 11) is 0. The lowest BCUT2D eigenvalue weighted by Crippen LogP contribution is -2.13. The monoisotopic (exact) mass is 429 g/mol. The molecule has 0 fully saturated rings. The van der Waals surface area contributed by atoms with E-state index in [0.717, 1.165) is 5.56 Å². The molecule has 1 aromatic heterocycles. The number of benzene rings is 2. The van der Waals surface area contributed by atoms with Gasteiger partial charge in [0.15, 0.2) is 0 Å². The minimum atomic E-state index is -0.512. The van der Waals surface area contributed by atoms with Gasteiger partial charge >= 0.3 is 0 Å². The Balaban J connectivity index is 1.82. The van der Waals surface area contributed by atoms with Crippen LogP contribution >= 0.6 is 34.8 Å². The van der Waals surface area contributed by atoms with Crippen molar-refractivity contribution in [3.8, 4) is 6.07 Å². The molecule has 0 saturated carbocycles. The number of aromatic nitrogens is 1. The van der Waals surface area contributed by atoms with Crippen LogP contribution in [0.5, 0.6) is 0 Å². The maximum atomic E-state index is 12.5. The summed E-state index contributed by atoms with van der Waals surface area (Å²) < 4.78 is 1.89. The van der Waals surface area contributed by atoms with Gasteiger partial charge in [-0.3, -0.25) is 4.79 Å². The second-order valence-corrected chi connectivity index (χ2v) is 7.21. The van der Waals surface area contributed by atoms with Crippen molar-refractivity contribution in [1.29, 1.82) is 5.26 Å². The molecule has 28 heavy (non-hydrogen) atoms. The fourth-order valence-electron chi connectivity index (χ4n) is 2.60. The van der Waals surface area contributed by atoms with Crippen molar-refractivity contribution < 1.29 is 4.79 Å². The van der Waals surface area contributed by atoms with Crippen LogP contribution in [0.3, 0.4) is 0 Å². The van der Waals surface area contributed by atoms with Gasteiger partial charge in [-0.15, -0.1) is 0 Å². The average Bonchev–Trinajstić information content (AvgIpc) is 3.08. The molecular weight excluding hydrogens is 417 g/mol. The van der Waals surface area contributed by atoms with Crippen LogP contribution in [0, 0.1) is 11.3 Å². The number of rotatable bonds is 5. The van der Waals surface area contributed by atoms with Gasteiger partial charge < -0.3 is 9.88 Å². The highest BCUT2D eigenvalue weighted by Gasteiger charge is 2.12. The lowest BCUT2D eigenvalue weighted by atomic mass is 10.2. The van der Waals surface area contributed by atoms with Crippen LogP contribution in [0.25, 0.3) is 6.08 Å². The summed E-state index contributed by atoms with van der Waals surface area (Å²) in [5.41, 5.74) is 2.06. The second kappa shape index (κ2) is 8.99. The molecule has 4 nitrogen and oxygen atoms in total. The Morgan fingerprint density at radius 2 is 1.86 bits per heavy atom. The third-order valence-electron chi connectivity index (χ3n) is 3.96. The van der Waals surface area contributed by atoms with Crippen LogP contribution in [-0.4, -0.2) is 10.5 Å². The number of hydrogen-bond acceptors (Lipinski definition) is 2. The standard InChI is InChI=1S/C21H14Cl3N3O/c22-16-3-1-4-18(10-16)26-21(28)15(12-25)9-19-5-2-8-27(19)13-14-6-7-17(23)11-20(14)24/h1-11H,13H2,(H,26,28). The van der Waals surface area contributed by atoms with Crippen molar-refractivity contribution in [3.63, 3.8) is 0 Å². The van der Waals surface area contributed by atoms with Crippen LogP contribution in [0.4, 0.5) is 5.69 Å². The van der Waals surface area contributed by atoms with Gasteiger partial charge in [-0.2, -0.15) is 5.26 Å². The van der Waals surface area contributed by atoms with E-state index >= 15 is 0 Å². The van der Waals surface area contributed by atoms with Gasteiger partial charge in [0.25, 0.3) is 5.91 Å². The predicted molar refractivity (Wildman–Crippen MR) is 114 cm³/mol. The van der Waals surface area contributed by atoms with Crippen molar-refractivity contribution >= 4 is 52.5 Å². The first-order valence-corrected chi connectivity index (χ1v) is 9.37. The van der Waals surface area contributed by atoms with E-state index in [1.807, 2.05) is 35.0 Å². The number of carbonyl (C=O) groups excluding carboxylic acids is 1. The minimum Gasteiger partial charge on any atom is -0.343 e. The molecule has 1 heterocycles. The topological polar surface area (TPSA) is 57.8 Å². The van der Waals surface area contributed by atoms with E-state index < -0.39 is 5.91 Å². The highest BCUT2D eigenvalue weighted by molar-refractivity contribution is 6.35. The molecule has 0 saturated heterocycles. The Morgan fingerprint density at radius 3 is 2.57 bits per heavy atom. The number of hydrogen-bond donors (Lipinski definition) is 1. The van der Waals surface area contributed by atoms with Crippen LogP contribution in [-0.2, 0) is 11.3 Å². The maximum absolute atomic E-state index is 12.5. The number of nitrogens with zero attached hydrogens (tertiary/aromatic N) is 2. The zero-order chi connectivity index (χ0) is 20.1. The maximum Gasteiger partial charge on any atom is 0.266 e. The van der Waals surface area contributed by atoms with Crippen LogP contribution in [0.15, 0.2) is 66.4 Å². The molecule has 1 N–H and O–H groups in total. The molecule has 7 heteroatoms. The molecule has 0 aliphatic carbocycles. The van der Waals surface area contributed by atoms with Crippen molar-refractivity contribution in [2.45, 2.75) is 6.54 Å². The van der Waals surface area contributed by atoms with E-state index in [1.54, 1.807) is 36.4 Å². The molecule has 140 valence electrons. The number of anilines is 1. The zero-order valence-electron chi connectivity index (χ0n) is 14.5. The normalized spacial score (nSPS) is 11.1. The summed E-state index contributed by atoms with van der Waals surface area (Å²) >= 11 is 18.1. The third kappa shape index (κ3) is 4.96. The van der Waals surface area contributed by atoms with E-state index in [2.05, 4.69) is 5.32 Å². The number of halogens is 3. The molecule has 2 aromatic carbocycles. The second-order valence-electron chi connectivity index (χ2n) is 5.93. The first-order chi connectivity index (χ1) is 13.5. The van der Waals surface area contributed by atoms with Gasteiger partial charge in [0.1, 0.15) is 11.6 Å². The molecule has 3 aromatic rings. The summed E-state index contributed by atoms with van der Waals surface area (Å²) in [6.45, 7) is 0.476. The van der Waals surface area contributed by atoms with E-state index in [4.69, 9.17) is 34.8 Å². The van der Waals surface area contributed by atoms with Crippen molar-refractivity contribution in [2.24, 2.45) is 0 Å². The van der Waals surface area contributed by atoms with Gasteiger partial charge in [-0.1, -0.05) is 46.9 Å². The summed E-state index contributed by atoms with van der Waals surface area (Å²) in [6, 6.07) is 17.6. The van der Waals surface area contributed by atoms with Gasteiger partial charge in [0.2, 0.25) is 0 Å². The fourth-order valence-corrected chi connectivity index (χ4v) is 3.26. The first kappa shape index (κ1) is 20.0. The Bertz CT molecular complexity index is 1100. The molecule has 3 rings (SSSR count). The van der Waals surface area contributed by atoms with Crippen LogP contribution < -0.4 is 5.32 Å². The molecule has 0 atom stereocenters. The molecule has 0 radical (unpaired) electrons. The number of carbonyl (C=O) groups is 1. The number of nitrogens with one attached hydrogen (secondary N) is 1. The quantitative estimate of drug-likeness (QED) is 0.396. The zero-order valence-corrected chi connectivity index (χ0v) is 16.8. The lowest BCUT2D eigenvalue weighted by molar-refractivity contribution is -0.112. The predicted octanol–water partition coefficient (Wildman–Crippen LogP) is 6.04. The summed E-state index contributed by atoms with van der Waals surface area (Å²) in [5, 5.41) is 13.7. The van der Waals surface area contributed by atoms with Crippen LogP contribution in [0.1, 0.15) is 11.3 Å². The molecule has 0 unspecified atom stereocenters. The highest BCUT2D eigenvalue weighted by atomic mass is 35.5. The Kier molecular flexibility index (Phi) is 6.43. The van der Waals surface area contributed by atoms with E-state index in [0.29, 0.717) is 33.0 Å². The van der Waals surface area contributed by atoms with Crippen molar-refractivity contribution in [2.75, 3.05) is 5.32 Å². The van der Waals surface area contributed by atoms with Gasteiger partial charge in [0.05, 0.1) is 0 Å². The Morgan fingerprint density at radius 1 is 1.07 bits per heavy atom. The lowest BCUT2D eigenvalue weighted by Gasteiger charge is -2.10. The van der Waals surface area contributed by atoms with Crippen molar-refractivity contribution in [1.82, 2.24) is 4.57 Å². The van der Waals surface area contributed by atoms with E-state index in [1.165, 1.54) is 6.08 Å². The minimum absolute atomic E-state index is 0.0258. The summed E-state index contributed by atoms with van der Waals surface area (Å²) in [4.78, 5) is 12.5. The molecule has 0 bridgehead atoms. The van der Waals surface area contributed by atoms with Gasteiger partial charge in [-0.25, -0.2) is 0 Å². The third-order valence-corrected chi connectivity index (χ3v) is 4.78. The van der Waals surface area contributed by atoms with Gasteiger partial charge in [-0.05, 0) is 54.1 Å². The van der Waals surface area contributed by atoms with Crippen molar-refractivity contribution in [3.05, 3.63) is 92.7 Å². The summed E-state index contributed by atoms with van der Waals surface area (Å²) in [5.74, 6) is -0.512. The molecular formula is C21H14Cl3N3O.